The maximum Gasteiger partial charge on any atom is 0.238 e. The number of hydrogen-bond acceptors (Lipinski definition) is 2. The maximum absolute atomic E-state index is 12.8. The van der Waals surface area contributed by atoms with Crippen molar-refractivity contribution in [2.24, 2.45) is 0 Å². The first-order valence-corrected chi connectivity index (χ1v) is 7.14. The average Bonchev–Trinajstić information content (AvgIpc) is 2.63. The highest BCUT2D eigenvalue weighted by molar-refractivity contribution is 6.08. The normalized spacial score (nSPS) is 31.6. The number of likely N-dealkylation sites (N-methyl/N-ethyl adjacent to an activating group) is 2. The Bertz CT molecular complexity index is 513. The number of piperidine rings is 1. The van der Waals surface area contributed by atoms with Crippen LogP contribution in [0.25, 0.3) is 0 Å². The fourth-order valence-corrected chi connectivity index (χ4v) is 3.90. The Balaban J connectivity index is 2.10. The molecule has 0 radical (unpaired) electrons. The third-order valence-electron chi connectivity index (χ3n) is 5.01. The van der Waals surface area contributed by atoms with E-state index in [-0.39, 0.29) is 11.3 Å². The summed E-state index contributed by atoms with van der Waals surface area (Å²) in [6, 6.07) is 8.56. The number of para-hydroxylation sites is 1. The lowest BCUT2D eigenvalue weighted by Gasteiger charge is -2.42. The minimum Gasteiger partial charge on any atom is -0.314 e. The fraction of sp³-hybridized carbons (Fsp3) is 0.562. The van der Waals surface area contributed by atoms with Crippen LogP contribution in [0.4, 0.5) is 5.69 Å². The molecule has 102 valence electrons. The molecule has 0 N–H and O–H groups in total. The van der Waals surface area contributed by atoms with E-state index in [1.165, 1.54) is 18.4 Å². The van der Waals surface area contributed by atoms with Gasteiger partial charge in [-0.15, -0.1) is 0 Å². The van der Waals surface area contributed by atoms with Gasteiger partial charge in [0.2, 0.25) is 5.91 Å². The van der Waals surface area contributed by atoms with Crippen molar-refractivity contribution in [3.8, 4) is 0 Å². The molecule has 0 bridgehead atoms. The Morgan fingerprint density at radius 2 is 1.95 bits per heavy atom. The summed E-state index contributed by atoms with van der Waals surface area (Å²) in [5.74, 6) is 0.243. The smallest absolute Gasteiger partial charge is 0.238 e. The SMILES string of the molecule is CN1C(=O)C(C)(C2CCCCN2C)c2ccccc21. The van der Waals surface area contributed by atoms with Gasteiger partial charge in [-0.3, -0.25) is 4.79 Å². The zero-order valence-electron chi connectivity index (χ0n) is 12.0. The van der Waals surface area contributed by atoms with Crippen molar-refractivity contribution in [2.75, 3.05) is 25.5 Å². The van der Waals surface area contributed by atoms with Crippen LogP contribution in [0.1, 0.15) is 31.7 Å². The van der Waals surface area contributed by atoms with Gasteiger partial charge in [-0.1, -0.05) is 24.6 Å². The largest absolute Gasteiger partial charge is 0.314 e. The summed E-state index contributed by atoms with van der Waals surface area (Å²) in [6.07, 6.45) is 3.58. The zero-order valence-corrected chi connectivity index (χ0v) is 12.0. The Morgan fingerprint density at radius 1 is 1.21 bits per heavy atom. The summed E-state index contributed by atoms with van der Waals surface area (Å²) in [4.78, 5) is 17.0. The minimum absolute atomic E-state index is 0.243. The third-order valence-corrected chi connectivity index (χ3v) is 5.01. The fourth-order valence-electron chi connectivity index (χ4n) is 3.90. The zero-order chi connectivity index (χ0) is 13.6. The Labute approximate surface area is 115 Å². The van der Waals surface area contributed by atoms with Crippen molar-refractivity contribution in [2.45, 2.75) is 37.6 Å². The molecule has 0 aliphatic carbocycles. The number of hydrogen-bond donors (Lipinski definition) is 0. The van der Waals surface area contributed by atoms with Gasteiger partial charge in [-0.25, -0.2) is 0 Å². The number of rotatable bonds is 1. The van der Waals surface area contributed by atoms with Crippen LogP contribution in [0.2, 0.25) is 0 Å². The van der Waals surface area contributed by atoms with Crippen LogP contribution >= 0.6 is 0 Å². The lowest BCUT2D eigenvalue weighted by atomic mass is 9.73. The second kappa shape index (κ2) is 4.34. The van der Waals surface area contributed by atoms with Gasteiger partial charge < -0.3 is 9.80 Å². The molecule has 1 saturated heterocycles. The first kappa shape index (κ1) is 12.7. The van der Waals surface area contributed by atoms with E-state index in [0.717, 1.165) is 18.7 Å². The summed E-state index contributed by atoms with van der Waals surface area (Å²) in [7, 11) is 4.05. The minimum atomic E-state index is -0.388. The summed E-state index contributed by atoms with van der Waals surface area (Å²) >= 11 is 0. The second-order valence-electron chi connectivity index (χ2n) is 6.08. The van der Waals surface area contributed by atoms with Gasteiger partial charge in [0.25, 0.3) is 0 Å². The van der Waals surface area contributed by atoms with Gasteiger partial charge in [0.1, 0.15) is 0 Å². The van der Waals surface area contributed by atoms with E-state index in [2.05, 4.69) is 31.0 Å². The molecule has 3 nitrogen and oxygen atoms in total. The van der Waals surface area contributed by atoms with Crippen LogP contribution in [-0.4, -0.2) is 37.5 Å². The first-order chi connectivity index (χ1) is 9.06. The molecule has 1 amide bonds. The quantitative estimate of drug-likeness (QED) is 0.772. The van der Waals surface area contributed by atoms with Crippen LogP contribution in [-0.2, 0) is 10.2 Å². The molecule has 1 aromatic carbocycles. The highest BCUT2D eigenvalue weighted by Gasteiger charge is 2.52. The molecule has 2 heterocycles. The lowest BCUT2D eigenvalue weighted by Crippen LogP contribution is -2.54. The number of carbonyl (C=O) groups excluding carboxylic acids is 1. The standard InChI is InChI=1S/C16H22N2O/c1-16(14-10-6-7-11-17(14)2)12-8-4-5-9-13(12)18(3)15(16)19/h4-5,8-9,14H,6-7,10-11H2,1-3H3. The number of nitrogens with zero attached hydrogens (tertiary/aromatic N) is 2. The molecular formula is C16H22N2O. The van der Waals surface area contributed by atoms with E-state index < -0.39 is 0 Å². The molecule has 1 aromatic rings. The first-order valence-electron chi connectivity index (χ1n) is 7.14. The number of likely N-dealkylation sites (tertiary alicyclic amines) is 1. The molecule has 2 aliphatic heterocycles. The summed E-state index contributed by atoms with van der Waals surface area (Å²) in [5, 5.41) is 0. The molecule has 2 aliphatic rings. The predicted octanol–water partition coefficient (Wildman–Crippen LogP) is 2.41. The number of carbonyl (C=O) groups is 1. The summed E-state index contributed by atoms with van der Waals surface area (Å²) in [5.41, 5.74) is 1.88. The molecule has 2 unspecified atom stereocenters. The van der Waals surface area contributed by atoms with E-state index in [9.17, 15) is 4.79 Å². The van der Waals surface area contributed by atoms with Gasteiger partial charge in [0.15, 0.2) is 0 Å². The highest BCUT2D eigenvalue weighted by Crippen LogP contribution is 2.46. The molecule has 19 heavy (non-hydrogen) atoms. The molecule has 3 rings (SSSR count). The van der Waals surface area contributed by atoms with Crippen molar-refractivity contribution in [1.82, 2.24) is 4.90 Å². The Hall–Kier alpha value is -1.35. The van der Waals surface area contributed by atoms with Gasteiger partial charge in [-0.05, 0) is 45.0 Å². The molecule has 3 heteroatoms. The van der Waals surface area contributed by atoms with Crippen molar-refractivity contribution < 1.29 is 4.79 Å². The second-order valence-corrected chi connectivity index (χ2v) is 6.08. The molecule has 0 spiro atoms. The monoisotopic (exact) mass is 258 g/mol. The van der Waals surface area contributed by atoms with Gasteiger partial charge >= 0.3 is 0 Å². The van der Waals surface area contributed by atoms with Crippen LogP contribution < -0.4 is 4.90 Å². The molecule has 0 saturated carbocycles. The van der Waals surface area contributed by atoms with E-state index in [4.69, 9.17) is 0 Å². The van der Waals surface area contributed by atoms with Gasteiger partial charge in [0.05, 0.1) is 5.41 Å². The Morgan fingerprint density at radius 3 is 2.68 bits per heavy atom. The molecule has 2 atom stereocenters. The van der Waals surface area contributed by atoms with Gasteiger partial charge in [0, 0.05) is 18.8 Å². The number of fused-ring (bicyclic) bond motifs is 1. The van der Waals surface area contributed by atoms with E-state index in [1.54, 1.807) is 0 Å². The van der Waals surface area contributed by atoms with Crippen molar-refractivity contribution >= 4 is 11.6 Å². The van der Waals surface area contributed by atoms with Crippen LogP contribution in [0.5, 0.6) is 0 Å². The maximum atomic E-state index is 12.8. The van der Waals surface area contributed by atoms with E-state index in [1.807, 2.05) is 24.1 Å². The molecular weight excluding hydrogens is 236 g/mol. The average molecular weight is 258 g/mol. The molecule has 0 aromatic heterocycles. The Kier molecular flexibility index (Phi) is 2.90. The topological polar surface area (TPSA) is 23.6 Å². The summed E-state index contributed by atoms with van der Waals surface area (Å²) in [6.45, 7) is 3.23. The number of amides is 1. The van der Waals surface area contributed by atoms with Crippen LogP contribution in [0.15, 0.2) is 24.3 Å². The molecule has 1 fully saturated rings. The van der Waals surface area contributed by atoms with Crippen molar-refractivity contribution in [3.05, 3.63) is 29.8 Å². The highest BCUT2D eigenvalue weighted by atomic mass is 16.2. The summed E-state index contributed by atoms with van der Waals surface area (Å²) < 4.78 is 0. The van der Waals surface area contributed by atoms with E-state index in [0.29, 0.717) is 6.04 Å². The number of anilines is 1. The lowest BCUT2D eigenvalue weighted by molar-refractivity contribution is -0.125. The predicted molar refractivity (Wildman–Crippen MR) is 77.5 cm³/mol. The van der Waals surface area contributed by atoms with Gasteiger partial charge in [-0.2, -0.15) is 0 Å². The van der Waals surface area contributed by atoms with Crippen LogP contribution in [0.3, 0.4) is 0 Å². The van der Waals surface area contributed by atoms with Crippen LogP contribution in [0, 0.1) is 0 Å². The van der Waals surface area contributed by atoms with E-state index >= 15 is 0 Å². The van der Waals surface area contributed by atoms with Crippen molar-refractivity contribution in [3.63, 3.8) is 0 Å². The third kappa shape index (κ3) is 1.64. The van der Waals surface area contributed by atoms with Crippen molar-refractivity contribution in [1.29, 1.82) is 0 Å². The number of benzene rings is 1.